The molecular formula is C14H30N2O. The molecule has 0 aliphatic carbocycles. The standard InChI is InChI=1S/C14H30N2O/c1-12(4-7-15)10-16-11-14(2,3)13-5-8-17-9-6-13/h12-13,16H,4-11,15H2,1-3H3. The molecule has 1 unspecified atom stereocenters. The van der Waals surface area contributed by atoms with Crippen molar-refractivity contribution in [2.45, 2.75) is 40.0 Å². The van der Waals surface area contributed by atoms with Gasteiger partial charge in [-0.05, 0) is 49.6 Å². The molecule has 1 rings (SSSR count). The molecule has 3 nitrogen and oxygen atoms in total. The van der Waals surface area contributed by atoms with E-state index in [9.17, 15) is 0 Å². The topological polar surface area (TPSA) is 47.3 Å². The van der Waals surface area contributed by atoms with Crippen molar-refractivity contribution in [1.29, 1.82) is 0 Å². The quantitative estimate of drug-likeness (QED) is 0.718. The Morgan fingerprint density at radius 1 is 1.35 bits per heavy atom. The molecule has 102 valence electrons. The Balaban J connectivity index is 2.23. The van der Waals surface area contributed by atoms with Crippen molar-refractivity contribution in [3.05, 3.63) is 0 Å². The van der Waals surface area contributed by atoms with Crippen LogP contribution in [0, 0.1) is 17.3 Å². The van der Waals surface area contributed by atoms with Gasteiger partial charge in [-0.2, -0.15) is 0 Å². The molecule has 1 aliphatic heterocycles. The highest BCUT2D eigenvalue weighted by Gasteiger charge is 2.30. The first-order chi connectivity index (χ1) is 8.06. The SMILES string of the molecule is CC(CCN)CNCC(C)(C)C1CCOCC1. The van der Waals surface area contributed by atoms with E-state index in [0.717, 1.165) is 45.2 Å². The summed E-state index contributed by atoms with van der Waals surface area (Å²) in [5, 5.41) is 3.61. The van der Waals surface area contributed by atoms with Crippen LogP contribution in [0.1, 0.15) is 40.0 Å². The fourth-order valence-corrected chi connectivity index (χ4v) is 2.65. The van der Waals surface area contributed by atoms with Gasteiger partial charge in [0, 0.05) is 19.8 Å². The normalized spacial score (nSPS) is 20.5. The molecule has 1 aliphatic rings. The van der Waals surface area contributed by atoms with Crippen LogP contribution in [0.5, 0.6) is 0 Å². The summed E-state index contributed by atoms with van der Waals surface area (Å²) in [6.45, 7) is 11.9. The summed E-state index contributed by atoms with van der Waals surface area (Å²) in [6.07, 6.45) is 3.55. The summed E-state index contributed by atoms with van der Waals surface area (Å²) >= 11 is 0. The van der Waals surface area contributed by atoms with E-state index in [4.69, 9.17) is 10.5 Å². The van der Waals surface area contributed by atoms with Crippen molar-refractivity contribution in [1.82, 2.24) is 5.32 Å². The van der Waals surface area contributed by atoms with Gasteiger partial charge in [-0.3, -0.25) is 0 Å². The van der Waals surface area contributed by atoms with Crippen molar-refractivity contribution < 1.29 is 4.74 Å². The Kier molecular flexibility index (Phi) is 6.45. The predicted molar refractivity (Wildman–Crippen MR) is 73.0 cm³/mol. The second-order valence-electron chi connectivity index (χ2n) is 6.19. The van der Waals surface area contributed by atoms with E-state index in [1.807, 2.05) is 0 Å². The number of nitrogens with one attached hydrogen (secondary N) is 1. The molecule has 1 saturated heterocycles. The lowest BCUT2D eigenvalue weighted by Crippen LogP contribution is -2.39. The third kappa shape index (κ3) is 5.36. The Labute approximate surface area is 106 Å². The van der Waals surface area contributed by atoms with Crippen LogP contribution in [0.2, 0.25) is 0 Å². The van der Waals surface area contributed by atoms with Gasteiger partial charge in [-0.15, -0.1) is 0 Å². The van der Waals surface area contributed by atoms with Gasteiger partial charge >= 0.3 is 0 Å². The molecule has 0 spiro atoms. The van der Waals surface area contributed by atoms with E-state index >= 15 is 0 Å². The second kappa shape index (κ2) is 7.34. The van der Waals surface area contributed by atoms with Gasteiger partial charge in [-0.1, -0.05) is 20.8 Å². The van der Waals surface area contributed by atoms with E-state index < -0.39 is 0 Å². The molecule has 0 bridgehead atoms. The highest BCUT2D eigenvalue weighted by atomic mass is 16.5. The Morgan fingerprint density at radius 2 is 2.00 bits per heavy atom. The van der Waals surface area contributed by atoms with Gasteiger partial charge in [0.05, 0.1) is 0 Å². The van der Waals surface area contributed by atoms with Crippen molar-refractivity contribution in [3.63, 3.8) is 0 Å². The highest BCUT2D eigenvalue weighted by molar-refractivity contribution is 4.82. The van der Waals surface area contributed by atoms with Crippen molar-refractivity contribution in [2.75, 3.05) is 32.8 Å². The van der Waals surface area contributed by atoms with Crippen LogP contribution in [0.4, 0.5) is 0 Å². The van der Waals surface area contributed by atoms with E-state index in [1.165, 1.54) is 12.8 Å². The summed E-state index contributed by atoms with van der Waals surface area (Å²) < 4.78 is 5.44. The van der Waals surface area contributed by atoms with Crippen LogP contribution in [-0.2, 0) is 4.74 Å². The number of ether oxygens (including phenoxy) is 1. The Morgan fingerprint density at radius 3 is 2.59 bits per heavy atom. The van der Waals surface area contributed by atoms with Gasteiger partial charge < -0.3 is 15.8 Å². The summed E-state index contributed by atoms with van der Waals surface area (Å²) in [6, 6.07) is 0. The maximum Gasteiger partial charge on any atom is 0.0468 e. The molecule has 1 atom stereocenters. The lowest BCUT2D eigenvalue weighted by molar-refractivity contribution is 0.0226. The molecule has 1 fully saturated rings. The van der Waals surface area contributed by atoms with Crippen LogP contribution in [0.25, 0.3) is 0 Å². The summed E-state index contributed by atoms with van der Waals surface area (Å²) in [4.78, 5) is 0. The molecule has 0 amide bonds. The van der Waals surface area contributed by atoms with Crippen molar-refractivity contribution in [2.24, 2.45) is 23.0 Å². The van der Waals surface area contributed by atoms with Crippen molar-refractivity contribution in [3.8, 4) is 0 Å². The number of hydrogen-bond acceptors (Lipinski definition) is 3. The first-order valence-corrected chi connectivity index (χ1v) is 7.05. The minimum Gasteiger partial charge on any atom is -0.381 e. The van der Waals surface area contributed by atoms with E-state index in [0.29, 0.717) is 11.3 Å². The van der Waals surface area contributed by atoms with E-state index in [-0.39, 0.29) is 0 Å². The van der Waals surface area contributed by atoms with Gasteiger partial charge in [0.1, 0.15) is 0 Å². The zero-order valence-corrected chi connectivity index (χ0v) is 11.8. The third-order valence-corrected chi connectivity index (χ3v) is 4.06. The predicted octanol–water partition coefficient (Wildman–Crippen LogP) is 2.01. The van der Waals surface area contributed by atoms with Gasteiger partial charge in [0.25, 0.3) is 0 Å². The smallest absolute Gasteiger partial charge is 0.0468 e. The van der Waals surface area contributed by atoms with Gasteiger partial charge in [0.2, 0.25) is 0 Å². The molecular weight excluding hydrogens is 212 g/mol. The molecule has 3 N–H and O–H groups in total. The number of nitrogens with two attached hydrogens (primary N) is 1. The van der Waals surface area contributed by atoms with Gasteiger partial charge in [-0.25, -0.2) is 0 Å². The summed E-state index contributed by atoms with van der Waals surface area (Å²) in [5.41, 5.74) is 5.94. The van der Waals surface area contributed by atoms with Gasteiger partial charge in [0.15, 0.2) is 0 Å². The molecule has 0 aromatic rings. The lowest BCUT2D eigenvalue weighted by Gasteiger charge is -2.37. The number of hydrogen-bond donors (Lipinski definition) is 2. The maximum absolute atomic E-state index is 5.56. The van der Waals surface area contributed by atoms with Crippen LogP contribution < -0.4 is 11.1 Å². The fraction of sp³-hybridized carbons (Fsp3) is 1.00. The number of rotatable bonds is 7. The highest BCUT2D eigenvalue weighted by Crippen LogP contribution is 2.33. The minimum atomic E-state index is 0.381. The Hall–Kier alpha value is -0.120. The summed E-state index contributed by atoms with van der Waals surface area (Å²) in [5.74, 6) is 1.49. The zero-order chi connectivity index (χ0) is 12.7. The van der Waals surface area contributed by atoms with Crippen LogP contribution >= 0.6 is 0 Å². The van der Waals surface area contributed by atoms with E-state index in [2.05, 4.69) is 26.1 Å². The average molecular weight is 242 g/mol. The first-order valence-electron chi connectivity index (χ1n) is 7.05. The summed E-state index contributed by atoms with van der Waals surface area (Å²) in [7, 11) is 0. The van der Waals surface area contributed by atoms with Crippen LogP contribution in [0.3, 0.4) is 0 Å². The molecule has 0 aromatic heterocycles. The molecule has 0 saturated carbocycles. The molecule has 1 heterocycles. The van der Waals surface area contributed by atoms with Crippen LogP contribution in [-0.4, -0.2) is 32.8 Å². The largest absolute Gasteiger partial charge is 0.381 e. The minimum absolute atomic E-state index is 0.381. The third-order valence-electron chi connectivity index (χ3n) is 4.06. The zero-order valence-electron chi connectivity index (χ0n) is 11.8. The Bertz CT molecular complexity index is 200. The van der Waals surface area contributed by atoms with E-state index in [1.54, 1.807) is 0 Å². The second-order valence-corrected chi connectivity index (χ2v) is 6.19. The van der Waals surface area contributed by atoms with Crippen molar-refractivity contribution >= 4 is 0 Å². The van der Waals surface area contributed by atoms with Crippen LogP contribution in [0.15, 0.2) is 0 Å². The average Bonchev–Trinajstić information content (AvgIpc) is 2.30. The lowest BCUT2D eigenvalue weighted by atomic mass is 9.74. The maximum atomic E-state index is 5.56. The molecule has 17 heavy (non-hydrogen) atoms. The fourth-order valence-electron chi connectivity index (χ4n) is 2.65. The molecule has 0 radical (unpaired) electrons. The first kappa shape index (κ1) is 14.9. The molecule has 0 aromatic carbocycles. The molecule has 3 heteroatoms. The monoisotopic (exact) mass is 242 g/mol.